The number of thioether (sulfide) groups is 1. The number of benzene rings is 1. The van der Waals surface area contributed by atoms with Crippen molar-refractivity contribution in [2.24, 2.45) is 0 Å². The van der Waals surface area contributed by atoms with Gasteiger partial charge in [0.1, 0.15) is 22.1 Å². The zero-order valence-electron chi connectivity index (χ0n) is 12.7. The molecule has 4 rings (SSSR count). The number of hydrogen-bond donors (Lipinski definition) is 0. The molecule has 3 aromatic heterocycles. The van der Waals surface area contributed by atoms with Crippen LogP contribution in [0.3, 0.4) is 0 Å². The van der Waals surface area contributed by atoms with Gasteiger partial charge in [0.15, 0.2) is 0 Å². The number of thiazole rings is 1. The van der Waals surface area contributed by atoms with Crippen LogP contribution in [0.25, 0.3) is 20.8 Å². The molecule has 0 spiro atoms. The van der Waals surface area contributed by atoms with E-state index in [4.69, 9.17) is 0 Å². The van der Waals surface area contributed by atoms with Gasteiger partial charge < -0.3 is 0 Å². The van der Waals surface area contributed by atoms with Crippen LogP contribution in [-0.2, 0) is 5.75 Å². The summed E-state index contributed by atoms with van der Waals surface area (Å²) in [6.45, 7) is 1.98. The molecule has 120 valence electrons. The molecule has 0 aliphatic carbocycles. The molecule has 0 N–H and O–H groups in total. The van der Waals surface area contributed by atoms with E-state index in [9.17, 15) is 4.39 Å². The van der Waals surface area contributed by atoms with Crippen LogP contribution in [-0.4, -0.2) is 15.2 Å². The van der Waals surface area contributed by atoms with E-state index in [0.29, 0.717) is 11.3 Å². The molecule has 0 aliphatic heterocycles. The molecule has 0 fully saturated rings. The van der Waals surface area contributed by atoms with Gasteiger partial charge in [-0.05, 0) is 30.0 Å². The van der Waals surface area contributed by atoms with E-state index in [0.717, 1.165) is 30.8 Å². The van der Waals surface area contributed by atoms with Crippen molar-refractivity contribution in [3.63, 3.8) is 0 Å². The quantitative estimate of drug-likeness (QED) is 0.439. The van der Waals surface area contributed by atoms with Crippen molar-refractivity contribution in [3.05, 3.63) is 58.2 Å². The Hall–Kier alpha value is -1.83. The van der Waals surface area contributed by atoms with Crippen molar-refractivity contribution in [2.45, 2.75) is 17.7 Å². The predicted molar refractivity (Wildman–Crippen MR) is 99.2 cm³/mol. The van der Waals surface area contributed by atoms with E-state index >= 15 is 0 Å². The summed E-state index contributed by atoms with van der Waals surface area (Å²) in [5, 5.41) is 12.5. The molecule has 0 unspecified atom stereocenters. The van der Waals surface area contributed by atoms with Crippen molar-refractivity contribution >= 4 is 44.7 Å². The lowest BCUT2D eigenvalue weighted by molar-refractivity contribution is 0.617. The Morgan fingerprint density at radius 3 is 2.79 bits per heavy atom. The van der Waals surface area contributed by atoms with Gasteiger partial charge in [-0.2, -0.15) is 0 Å². The lowest BCUT2D eigenvalue weighted by atomic mass is 10.2. The topological polar surface area (TPSA) is 38.7 Å². The monoisotopic (exact) mass is 373 g/mol. The molecular weight excluding hydrogens is 361 g/mol. The van der Waals surface area contributed by atoms with Gasteiger partial charge in [-0.3, -0.25) is 0 Å². The molecule has 0 atom stereocenters. The number of thiophene rings is 1. The Labute approximate surface area is 150 Å². The minimum Gasteiger partial charge on any atom is -0.238 e. The van der Waals surface area contributed by atoms with E-state index in [2.05, 4.69) is 15.2 Å². The molecule has 0 aliphatic rings. The molecule has 3 nitrogen and oxygen atoms in total. The molecule has 7 heteroatoms. The largest absolute Gasteiger partial charge is 0.238 e. The Balaban J connectivity index is 1.72. The number of rotatable bonds is 4. The first-order valence-electron chi connectivity index (χ1n) is 7.26. The van der Waals surface area contributed by atoms with Crippen LogP contribution >= 0.6 is 34.4 Å². The van der Waals surface area contributed by atoms with Crippen LogP contribution in [0.15, 0.2) is 46.8 Å². The second-order valence-corrected chi connectivity index (χ2v) is 8.24. The van der Waals surface area contributed by atoms with Crippen LogP contribution in [0.1, 0.15) is 10.6 Å². The summed E-state index contributed by atoms with van der Waals surface area (Å²) in [7, 11) is 0. The summed E-state index contributed by atoms with van der Waals surface area (Å²) in [4.78, 5) is 5.71. The number of halogens is 1. The number of nitrogens with zero attached hydrogens (tertiary/aromatic N) is 3. The molecule has 0 radical (unpaired) electrons. The third kappa shape index (κ3) is 2.94. The van der Waals surface area contributed by atoms with Gasteiger partial charge in [0.25, 0.3) is 0 Å². The van der Waals surface area contributed by atoms with E-state index in [-0.39, 0.29) is 5.82 Å². The Kier molecular flexibility index (Phi) is 4.30. The van der Waals surface area contributed by atoms with Gasteiger partial charge in [-0.1, -0.05) is 36.0 Å². The summed E-state index contributed by atoms with van der Waals surface area (Å²) in [5.41, 5.74) is 2.39. The number of fused-ring (bicyclic) bond motifs is 1. The molecule has 24 heavy (non-hydrogen) atoms. The fourth-order valence-corrected chi connectivity index (χ4v) is 5.03. The van der Waals surface area contributed by atoms with Gasteiger partial charge in [0.05, 0.1) is 14.6 Å². The number of aromatic nitrogens is 3. The van der Waals surface area contributed by atoms with Gasteiger partial charge in [0, 0.05) is 5.75 Å². The van der Waals surface area contributed by atoms with Crippen LogP contribution in [0.2, 0.25) is 0 Å². The lowest BCUT2D eigenvalue weighted by Gasteiger charge is -2.04. The smallest absolute Gasteiger partial charge is 0.146 e. The highest BCUT2D eigenvalue weighted by Crippen LogP contribution is 2.37. The van der Waals surface area contributed by atoms with E-state index in [1.807, 2.05) is 30.5 Å². The van der Waals surface area contributed by atoms with Crippen LogP contribution in [0, 0.1) is 12.7 Å². The number of hydrogen-bond acceptors (Lipinski definition) is 6. The van der Waals surface area contributed by atoms with E-state index < -0.39 is 0 Å². The first kappa shape index (κ1) is 15.7. The SMILES string of the molecule is Cc1nc2c(SCc3ccccc3F)nnc(-c3cccs3)c2s1. The molecule has 0 saturated carbocycles. The maximum absolute atomic E-state index is 13.8. The van der Waals surface area contributed by atoms with Crippen LogP contribution in [0.4, 0.5) is 4.39 Å². The summed E-state index contributed by atoms with van der Waals surface area (Å²) < 4.78 is 14.8. The van der Waals surface area contributed by atoms with Gasteiger partial charge in [-0.15, -0.1) is 32.9 Å². The molecule has 1 aromatic carbocycles. The maximum atomic E-state index is 13.8. The maximum Gasteiger partial charge on any atom is 0.146 e. The van der Waals surface area contributed by atoms with Gasteiger partial charge in [-0.25, -0.2) is 9.37 Å². The third-order valence-corrected chi connectivity index (χ3v) is 6.33. The van der Waals surface area contributed by atoms with Crippen molar-refractivity contribution < 1.29 is 4.39 Å². The standard InChI is InChI=1S/C17H12FN3S3/c1-10-19-15-16(24-10)14(13-7-4-8-22-13)20-21-17(15)23-9-11-5-2-3-6-12(11)18/h2-8H,9H2,1H3. The Morgan fingerprint density at radius 2 is 2.00 bits per heavy atom. The van der Waals surface area contributed by atoms with Gasteiger partial charge in [0.2, 0.25) is 0 Å². The average Bonchev–Trinajstić information content (AvgIpc) is 3.23. The first-order chi connectivity index (χ1) is 11.7. The van der Waals surface area contributed by atoms with Crippen molar-refractivity contribution in [1.82, 2.24) is 15.2 Å². The predicted octanol–water partition coefficient (Wildman–Crippen LogP) is 5.55. The second kappa shape index (κ2) is 6.58. The highest BCUT2D eigenvalue weighted by molar-refractivity contribution is 7.98. The van der Waals surface area contributed by atoms with E-state index in [1.165, 1.54) is 17.8 Å². The Bertz CT molecular complexity index is 996. The molecule has 0 amide bonds. The molecule has 0 bridgehead atoms. The minimum absolute atomic E-state index is 0.195. The fraction of sp³-hybridized carbons (Fsp3) is 0.118. The van der Waals surface area contributed by atoms with Crippen LogP contribution < -0.4 is 0 Å². The van der Waals surface area contributed by atoms with Crippen LogP contribution in [0.5, 0.6) is 0 Å². The summed E-state index contributed by atoms with van der Waals surface area (Å²) in [6, 6.07) is 10.8. The molecule has 4 aromatic rings. The zero-order chi connectivity index (χ0) is 16.5. The zero-order valence-corrected chi connectivity index (χ0v) is 15.1. The first-order valence-corrected chi connectivity index (χ1v) is 9.94. The minimum atomic E-state index is -0.195. The third-order valence-electron chi connectivity index (χ3n) is 3.47. The van der Waals surface area contributed by atoms with Crippen molar-refractivity contribution in [3.8, 4) is 10.6 Å². The highest BCUT2D eigenvalue weighted by Gasteiger charge is 2.16. The lowest BCUT2D eigenvalue weighted by Crippen LogP contribution is -1.93. The van der Waals surface area contributed by atoms with E-state index in [1.54, 1.807) is 34.8 Å². The highest BCUT2D eigenvalue weighted by atomic mass is 32.2. The summed E-state index contributed by atoms with van der Waals surface area (Å²) in [6.07, 6.45) is 0. The van der Waals surface area contributed by atoms with Crippen molar-refractivity contribution in [2.75, 3.05) is 0 Å². The second-order valence-electron chi connectivity index (χ2n) is 5.12. The Morgan fingerprint density at radius 1 is 1.12 bits per heavy atom. The number of aryl methyl sites for hydroxylation is 1. The summed E-state index contributed by atoms with van der Waals surface area (Å²) in [5.74, 6) is 0.310. The molecule has 3 heterocycles. The molecule has 0 saturated heterocycles. The summed E-state index contributed by atoms with van der Waals surface area (Å²) >= 11 is 4.73. The van der Waals surface area contributed by atoms with Gasteiger partial charge >= 0.3 is 0 Å². The normalized spacial score (nSPS) is 11.2. The average molecular weight is 374 g/mol. The van der Waals surface area contributed by atoms with Crippen molar-refractivity contribution in [1.29, 1.82) is 0 Å². The molecular formula is C17H12FN3S3. The fourth-order valence-electron chi connectivity index (χ4n) is 2.35.